The van der Waals surface area contributed by atoms with Gasteiger partial charge in [-0.3, -0.25) is 9.69 Å². The highest BCUT2D eigenvalue weighted by molar-refractivity contribution is 5.66. The van der Waals surface area contributed by atoms with Gasteiger partial charge in [-0.25, -0.2) is 0 Å². The summed E-state index contributed by atoms with van der Waals surface area (Å²) in [5.41, 5.74) is 1.30. The lowest BCUT2D eigenvalue weighted by Crippen LogP contribution is -2.59. The number of nitrogens with zero attached hydrogens (tertiary/aromatic N) is 1. The molecule has 1 heterocycles. The van der Waals surface area contributed by atoms with Crippen LogP contribution >= 0.6 is 0 Å². The van der Waals surface area contributed by atoms with Gasteiger partial charge in [0, 0.05) is 24.5 Å². The van der Waals surface area contributed by atoms with Crippen LogP contribution in [0.3, 0.4) is 0 Å². The van der Waals surface area contributed by atoms with Gasteiger partial charge in [-0.05, 0) is 52.5 Å². The van der Waals surface area contributed by atoms with Crippen LogP contribution in [0.4, 0.5) is 0 Å². The Bertz CT molecular complexity index is 491. The standard InChI is InChI=1S/C19H29NO2/c1-15(21)22-17(16-10-7-6-8-11-16)14-20-18(2,3)12-9-13-19(20,4)5/h6-8,10-11,17H,9,12-14H2,1-5H3. The molecule has 0 N–H and O–H groups in total. The van der Waals surface area contributed by atoms with E-state index in [2.05, 4.69) is 32.6 Å². The minimum atomic E-state index is -0.221. The van der Waals surface area contributed by atoms with E-state index in [1.807, 2.05) is 30.3 Å². The highest BCUT2D eigenvalue weighted by Crippen LogP contribution is 2.39. The maximum absolute atomic E-state index is 11.6. The second-order valence-corrected chi connectivity index (χ2v) is 7.60. The van der Waals surface area contributed by atoms with E-state index >= 15 is 0 Å². The number of carbonyl (C=O) groups is 1. The Morgan fingerprint density at radius 3 is 2.18 bits per heavy atom. The molecule has 1 aliphatic rings. The minimum absolute atomic E-state index is 0.120. The first-order valence-electron chi connectivity index (χ1n) is 8.22. The molecule has 1 fully saturated rings. The molecular formula is C19H29NO2. The molecule has 1 atom stereocenters. The van der Waals surface area contributed by atoms with Crippen molar-refractivity contribution in [1.29, 1.82) is 0 Å². The summed E-state index contributed by atoms with van der Waals surface area (Å²) in [4.78, 5) is 14.1. The van der Waals surface area contributed by atoms with Gasteiger partial charge < -0.3 is 4.74 Å². The number of rotatable bonds is 4. The summed E-state index contributed by atoms with van der Waals surface area (Å²) in [7, 11) is 0. The molecule has 0 radical (unpaired) electrons. The number of piperidine rings is 1. The average Bonchev–Trinajstić information content (AvgIpc) is 2.41. The zero-order valence-corrected chi connectivity index (χ0v) is 14.6. The third-order valence-electron chi connectivity index (χ3n) is 4.87. The lowest BCUT2D eigenvalue weighted by Gasteiger charge is -2.53. The van der Waals surface area contributed by atoms with Gasteiger partial charge in [0.1, 0.15) is 6.10 Å². The van der Waals surface area contributed by atoms with E-state index in [1.54, 1.807) is 0 Å². The molecule has 1 aliphatic heterocycles. The fourth-order valence-electron chi connectivity index (χ4n) is 3.78. The van der Waals surface area contributed by atoms with Gasteiger partial charge in [-0.2, -0.15) is 0 Å². The molecule has 1 unspecified atom stereocenters. The number of hydrogen-bond acceptors (Lipinski definition) is 3. The van der Waals surface area contributed by atoms with Crippen LogP contribution in [0.25, 0.3) is 0 Å². The molecule has 0 bridgehead atoms. The van der Waals surface area contributed by atoms with E-state index in [9.17, 15) is 4.79 Å². The molecule has 3 heteroatoms. The molecule has 2 rings (SSSR count). The molecule has 1 aromatic carbocycles. The predicted octanol–water partition coefficient (Wildman–Crippen LogP) is 4.33. The number of hydrogen-bond donors (Lipinski definition) is 0. The van der Waals surface area contributed by atoms with Crippen molar-refractivity contribution in [2.75, 3.05) is 6.54 Å². The van der Waals surface area contributed by atoms with Crippen LogP contribution in [-0.4, -0.2) is 28.5 Å². The lowest BCUT2D eigenvalue weighted by atomic mass is 9.79. The van der Waals surface area contributed by atoms with Crippen molar-refractivity contribution in [2.45, 2.75) is 71.1 Å². The first kappa shape index (κ1) is 17.0. The first-order chi connectivity index (χ1) is 10.2. The summed E-state index contributed by atoms with van der Waals surface area (Å²) in [6.07, 6.45) is 3.39. The van der Waals surface area contributed by atoms with Crippen LogP contribution < -0.4 is 0 Å². The van der Waals surface area contributed by atoms with E-state index < -0.39 is 0 Å². The number of carbonyl (C=O) groups excluding carboxylic acids is 1. The third-order valence-corrected chi connectivity index (χ3v) is 4.87. The van der Waals surface area contributed by atoms with Crippen LogP contribution in [0.5, 0.6) is 0 Å². The van der Waals surface area contributed by atoms with Gasteiger partial charge in [0.15, 0.2) is 0 Å². The van der Waals surface area contributed by atoms with E-state index in [0.29, 0.717) is 0 Å². The highest BCUT2D eigenvalue weighted by Gasteiger charge is 2.42. The van der Waals surface area contributed by atoms with Crippen LogP contribution in [0, 0.1) is 0 Å². The molecule has 1 aromatic rings. The quantitative estimate of drug-likeness (QED) is 0.775. The van der Waals surface area contributed by atoms with Crippen LogP contribution in [0.1, 0.15) is 65.5 Å². The van der Waals surface area contributed by atoms with Crippen LogP contribution in [-0.2, 0) is 9.53 Å². The molecule has 0 aliphatic carbocycles. The number of likely N-dealkylation sites (tertiary alicyclic amines) is 1. The Hall–Kier alpha value is -1.35. The Morgan fingerprint density at radius 2 is 1.68 bits per heavy atom. The smallest absolute Gasteiger partial charge is 0.303 e. The summed E-state index contributed by atoms with van der Waals surface area (Å²) in [6.45, 7) is 11.4. The third kappa shape index (κ3) is 3.89. The normalized spacial score (nSPS) is 22.0. The second kappa shape index (κ2) is 6.41. The van der Waals surface area contributed by atoms with Crippen LogP contribution in [0.2, 0.25) is 0 Å². The van der Waals surface area contributed by atoms with Crippen molar-refractivity contribution in [3.05, 3.63) is 35.9 Å². The average molecular weight is 303 g/mol. The molecule has 0 saturated carbocycles. The van der Waals surface area contributed by atoms with Crippen molar-refractivity contribution < 1.29 is 9.53 Å². The zero-order valence-electron chi connectivity index (χ0n) is 14.6. The monoisotopic (exact) mass is 303 g/mol. The van der Waals surface area contributed by atoms with E-state index in [-0.39, 0.29) is 23.2 Å². The van der Waals surface area contributed by atoms with E-state index in [4.69, 9.17) is 4.74 Å². The fourth-order valence-corrected chi connectivity index (χ4v) is 3.78. The number of ether oxygens (including phenoxy) is 1. The van der Waals surface area contributed by atoms with Gasteiger partial charge >= 0.3 is 5.97 Å². The predicted molar refractivity (Wildman–Crippen MR) is 89.7 cm³/mol. The van der Waals surface area contributed by atoms with Gasteiger partial charge in [0.2, 0.25) is 0 Å². The molecule has 0 spiro atoms. The molecule has 0 aromatic heterocycles. The summed E-state index contributed by atoms with van der Waals surface area (Å²) in [6, 6.07) is 10.1. The fraction of sp³-hybridized carbons (Fsp3) is 0.632. The minimum Gasteiger partial charge on any atom is -0.456 e. The maximum Gasteiger partial charge on any atom is 0.303 e. The van der Waals surface area contributed by atoms with Crippen molar-refractivity contribution in [3.63, 3.8) is 0 Å². The van der Waals surface area contributed by atoms with Gasteiger partial charge in [0.05, 0.1) is 0 Å². The topological polar surface area (TPSA) is 29.5 Å². The summed E-state index contributed by atoms with van der Waals surface area (Å²) < 4.78 is 5.65. The SMILES string of the molecule is CC(=O)OC(CN1C(C)(C)CCCC1(C)C)c1ccccc1. The summed E-state index contributed by atoms with van der Waals surface area (Å²) in [5, 5.41) is 0. The molecule has 3 nitrogen and oxygen atoms in total. The Morgan fingerprint density at radius 1 is 1.14 bits per heavy atom. The summed E-state index contributed by atoms with van der Waals surface area (Å²) in [5.74, 6) is -0.221. The van der Waals surface area contributed by atoms with Crippen molar-refractivity contribution in [2.24, 2.45) is 0 Å². The molecule has 1 saturated heterocycles. The van der Waals surface area contributed by atoms with Gasteiger partial charge in [-0.15, -0.1) is 0 Å². The maximum atomic E-state index is 11.6. The van der Waals surface area contributed by atoms with Gasteiger partial charge in [0.25, 0.3) is 0 Å². The molecule has 122 valence electrons. The molecule has 0 amide bonds. The van der Waals surface area contributed by atoms with Crippen molar-refractivity contribution >= 4 is 5.97 Å². The Kier molecular flexibility index (Phi) is 4.96. The van der Waals surface area contributed by atoms with Crippen LogP contribution in [0.15, 0.2) is 30.3 Å². The Labute approximate surface area is 134 Å². The van der Waals surface area contributed by atoms with Crippen molar-refractivity contribution in [1.82, 2.24) is 4.90 Å². The van der Waals surface area contributed by atoms with E-state index in [1.165, 1.54) is 26.2 Å². The second-order valence-electron chi connectivity index (χ2n) is 7.60. The molecular weight excluding hydrogens is 274 g/mol. The van der Waals surface area contributed by atoms with Gasteiger partial charge in [-0.1, -0.05) is 30.3 Å². The largest absolute Gasteiger partial charge is 0.456 e. The summed E-state index contributed by atoms with van der Waals surface area (Å²) >= 11 is 0. The lowest BCUT2D eigenvalue weighted by molar-refractivity contribution is -0.151. The highest BCUT2D eigenvalue weighted by atomic mass is 16.5. The molecule has 22 heavy (non-hydrogen) atoms. The Balaban J connectivity index is 2.27. The number of benzene rings is 1. The van der Waals surface area contributed by atoms with E-state index in [0.717, 1.165) is 12.1 Å². The zero-order chi connectivity index (χ0) is 16.4. The van der Waals surface area contributed by atoms with Crippen molar-refractivity contribution in [3.8, 4) is 0 Å². The number of esters is 1. The first-order valence-corrected chi connectivity index (χ1v) is 8.22.